The van der Waals surface area contributed by atoms with Crippen LogP contribution in [0.3, 0.4) is 0 Å². The van der Waals surface area contributed by atoms with E-state index in [1.54, 1.807) is 0 Å². The number of hydrogen-bond acceptors (Lipinski definition) is 4. The van der Waals surface area contributed by atoms with Gasteiger partial charge in [-0.2, -0.15) is 0 Å². The van der Waals surface area contributed by atoms with Crippen molar-refractivity contribution in [3.8, 4) is 0 Å². The molecule has 1 aromatic rings. The van der Waals surface area contributed by atoms with E-state index in [-0.39, 0.29) is 12.0 Å². The molecule has 0 spiro atoms. The molecule has 130 valence electrons. The number of aliphatic hydroxyl groups is 1. The minimum Gasteiger partial charge on any atom is -0.396 e. The highest BCUT2D eigenvalue weighted by Gasteiger charge is 2.28. The van der Waals surface area contributed by atoms with Crippen LogP contribution in [0.2, 0.25) is 0 Å². The van der Waals surface area contributed by atoms with Gasteiger partial charge < -0.3 is 15.2 Å². The Bertz CT molecular complexity index is 444. The van der Waals surface area contributed by atoms with Crippen LogP contribution < -0.4 is 5.32 Å². The molecule has 2 N–H and O–H groups in total. The summed E-state index contributed by atoms with van der Waals surface area (Å²) >= 11 is 0. The van der Waals surface area contributed by atoms with E-state index in [9.17, 15) is 5.11 Å². The fourth-order valence-corrected chi connectivity index (χ4v) is 3.26. The van der Waals surface area contributed by atoms with Gasteiger partial charge in [0.15, 0.2) is 0 Å². The monoisotopic (exact) mass is 320 g/mol. The average molecular weight is 320 g/mol. The molecule has 0 saturated carbocycles. The van der Waals surface area contributed by atoms with E-state index in [1.165, 1.54) is 5.56 Å². The first-order chi connectivity index (χ1) is 11.0. The van der Waals surface area contributed by atoms with Crippen molar-refractivity contribution in [1.82, 2.24) is 10.2 Å². The normalized spacial score (nSPS) is 19.5. The van der Waals surface area contributed by atoms with Crippen molar-refractivity contribution in [2.45, 2.75) is 39.3 Å². The summed E-state index contributed by atoms with van der Waals surface area (Å²) in [6, 6.07) is 11.4. The van der Waals surface area contributed by atoms with Crippen LogP contribution in [-0.2, 0) is 4.74 Å². The quantitative estimate of drug-likeness (QED) is 0.772. The number of rotatable bonds is 8. The Hall–Kier alpha value is -0.940. The van der Waals surface area contributed by atoms with Gasteiger partial charge in [0.2, 0.25) is 0 Å². The summed E-state index contributed by atoms with van der Waals surface area (Å²) < 4.78 is 5.52. The van der Waals surface area contributed by atoms with Crippen molar-refractivity contribution in [1.29, 1.82) is 0 Å². The first kappa shape index (κ1) is 18.4. The van der Waals surface area contributed by atoms with E-state index in [0.29, 0.717) is 12.1 Å². The molecule has 1 aliphatic rings. The van der Waals surface area contributed by atoms with E-state index < -0.39 is 0 Å². The van der Waals surface area contributed by atoms with Crippen molar-refractivity contribution in [3.63, 3.8) is 0 Å². The lowest BCUT2D eigenvalue weighted by molar-refractivity contribution is 0.00778. The smallest absolute Gasteiger partial charge is 0.0594 e. The maximum atomic E-state index is 9.21. The minimum absolute atomic E-state index is 0.106. The Morgan fingerprint density at radius 2 is 1.87 bits per heavy atom. The van der Waals surface area contributed by atoms with Crippen LogP contribution in [-0.4, -0.2) is 55.5 Å². The summed E-state index contributed by atoms with van der Waals surface area (Å²) in [6.45, 7) is 11.4. The first-order valence-electron chi connectivity index (χ1n) is 8.74. The van der Waals surface area contributed by atoms with Gasteiger partial charge in [0.25, 0.3) is 0 Å². The van der Waals surface area contributed by atoms with Crippen LogP contribution in [0, 0.1) is 5.41 Å². The van der Waals surface area contributed by atoms with Gasteiger partial charge in [0, 0.05) is 32.3 Å². The van der Waals surface area contributed by atoms with Crippen LogP contribution in [0.5, 0.6) is 0 Å². The van der Waals surface area contributed by atoms with Crippen LogP contribution in [0.4, 0.5) is 0 Å². The second-order valence-corrected chi connectivity index (χ2v) is 7.31. The highest BCUT2D eigenvalue weighted by atomic mass is 16.5. The van der Waals surface area contributed by atoms with Gasteiger partial charge in [-0.25, -0.2) is 0 Å². The molecule has 0 amide bonds. The number of hydrogen-bond donors (Lipinski definition) is 2. The molecule has 0 aromatic heterocycles. The molecule has 1 aliphatic heterocycles. The summed E-state index contributed by atoms with van der Waals surface area (Å²) in [5.41, 5.74) is 1.46. The van der Waals surface area contributed by atoms with E-state index in [1.807, 2.05) is 0 Å². The Labute approximate surface area is 140 Å². The van der Waals surface area contributed by atoms with Gasteiger partial charge in [-0.15, -0.1) is 0 Å². The molecular weight excluding hydrogens is 288 g/mol. The summed E-state index contributed by atoms with van der Waals surface area (Å²) in [4.78, 5) is 2.52. The molecular formula is C19H32N2O2. The zero-order valence-corrected chi connectivity index (χ0v) is 14.8. The molecule has 1 saturated heterocycles. The molecule has 4 nitrogen and oxygen atoms in total. The van der Waals surface area contributed by atoms with Crippen molar-refractivity contribution in [2.24, 2.45) is 5.41 Å². The number of aliphatic hydroxyl groups excluding tert-OH is 1. The predicted molar refractivity (Wildman–Crippen MR) is 94.5 cm³/mol. The number of nitrogens with one attached hydrogen (secondary N) is 1. The minimum atomic E-state index is 0.106. The van der Waals surface area contributed by atoms with Gasteiger partial charge in [0.1, 0.15) is 0 Å². The number of benzene rings is 1. The van der Waals surface area contributed by atoms with Crippen molar-refractivity contribution in [3.05, 3.63) is 35.9 Å². The van der Waals surface area contributed by atoms with E-state index in [0.717, 1.165) is 39.3 Å². The van der Waals surface area contributed by atoms with Gasteiger partial charge in [-0.1, -0.05) is 44.2 Å². The van der Waals surface area contributed by atoms with Crippen molar-refractivity contribution >= 4 is 0 Å². The number of nitrogens with zero attached hydrogens (tertiary/aromatic N) is 1. The molecule has 1 heterocycles. The summed E-state index contributed by atoms with van der Waals surface area (Å²) in [5, 5.41) is 12.9. The van der Waals surface area contributed by atoms with Gasteiger partial charge in [0.05, 0.1) is 19.3 Å². The molecule has 0 aliphatic carbocycles. The molecule has 1 fully saturated rings. The average Bonchev–Trinajstić information content (AvgIpc) is 2.55. The fourth-order valence-electron chi connectivity index (χ4n) is 3.26. The summed E-state index contributed by atoms with van der Waals surface area (Å²) in [7, 11) is 0. The zero-order chi connectivity index (χ0) is 16.7. The highest BCUT2D eigenvalue weighted by Crippen LogP contribution is 2.26. The van der Waals surface area contributed by atoms with E-state index in [2.05, 4.69) is 61.3 Å². The molecule has 2 rings (SSSR count). The largest absolute Gasteiger partial charge is 0.396 e. The Balaban J connectivity index is 2.06. The Morgan fingerprint density at radius 1 is 1.22 bits per heavy atom. The third-order valence-electron chi connectivity index (χ3n) is 4.74. The van der Waals surface area contributed by atoms with Crippen LogP contribution in [0.15, 0.2) is 30.3 Å². The first-order valence-corrected chi connectivity index (χ1v) is 8.74. The predicted octanol–water partition coefficient (Wildman–Crippen LogP) is 2.45. The van der Waals surface area contributed by atoms with Crippen LogP contribution in [0.1, 0.15) is 38.8 Å². The lowest BCUT2D eigenvalue weighted by atomic mass is 9.88. The van der Waals surface area contributed by atoms with E-state index in [4.69, 9.17) is 4.74 Å². The third kappa shape index (κ3) is 5.57. The molecule has 2 unspecified atom stereocenters. The molecule has 4 heteroatoms. The van der Waals surface area contributed by atoms with Crippen molar-refractivity contribution in [2.75, 3.05) is 39.5 Å². The number of ether oxygens (including phenoxy) is 1. The topological polar surface area (TPSA) is 44.7 Å². The standard InChI is InChI=1S/C19H32N2O2/c1-16(20-15-19(2,3)9-12-22)18(17-7-5-4-6-8-17)21-10-13-23-14-11-21/h4-8,16,18,20,22H,9-15H2,1-3H3. The van der Waals surface area contributed by atoms with Crippen molar-refractivity contribution < 1.29 is 9.84 Å². The Morgan fingerprint density at radius 3 is 2.48 bits per heavy atom. The highest BCUT2D eigenvalue weighted by molar-refractivity contribution is 5.21. The molecule has 0 bridgehead atoms. The summed E-state index contributed by atoms with van der Waals surface area (Å²) in [6.07, 6.45) is 0.820. The third-order valence-corrected chi connectivity index (χ3v) is 4.74. The van der Waals surface area contributed by atoms with Gasteiger partial charge in [-0.05, 0) is 24.3 Å². The number of morpholine rings is 1. The second-order valence-electron chi connectivity index (χ2n) is 7.31. The zero-order valence-electron chi connectivity index (χ0n) is 14.8. The molecule has 23 heavy (non-hydrogen) atoms. The SMILES string of the molecule is CC(NCC(C)(C)CCO)C(c1ccccc1)N1CCOCC1. The maximum absolute atomic E-state index is 9.21. The Kier molecular flexibility index (Phi) is 7.03. The van der Waals surface area contributed by atoms with Crippen LogP contribution >= 0.6 is 0 Å². The maximum Gasteiger partial charge on any atom is 0.0594 e. The lowest BCUT2D eigenvalue weighted by Gasteiger charge is -2.39. The fraction of sp³-hybridized carbons (Fsp3) is 0.684. The van der Waals surface area contributed by atoms with Gasteiger partial charge in [-0.3, -0.25) is 4.90 Å². The van der Waals surface area contributed by atoms with Gasteiger partial charge >= 0.3 is 0 Å². The second kappa shape index (κ2) is 8.78. The lowest BCUT2D eigenvalue weighted by Crippen LogP contribution is -2.48. The van der Waals surface area contributed by atoms with E-state index >= 15 is 0 Å². The molecule has 1 aromatic carbocycles. The summed E-state index contributed by atoms with van der Waals surface area (Å²) in [5.74, 6) is 0. The molecule has 2 atom stereocenters. The molecule has 0 radical (unpaired) electrons. The van der Waals surface area contributed by atoms with Crippen LogP contribution in [0.25, 0.3) is 0 Å².